The Morgan fingerprint density at radius 3 is 2.53 bits per heavy atom. The summed E-state index contributed by atoms with van der Waals surface area (Å²) in [7, 11) is 3.21. The molecule has 0 heterocycles. The number of carbonyl (C=O) groups excluding carboxylic acids is 1. The zero-order valence-corrected chi connectivity index (χ0v) is 11.4. The molecule has 1 amide bonds. The van der Waals surface area contributed by atoms with E-state index in [9.17, 15) is 9.59 Å². The lowest BCUT2D eigenvalue weighted by atomic mass is 10.0. The number of benzene rings is 1. The monoisotopic (exact) mass is 265 g/mol. The van der Waals surface area contributed by atoms with Gasteiger partial charge in [-0.3, -0.25) is 9.59 Å². The number of methoxy groups -OCH3 is 1. The molecule has 1 unspecified atom stereocenters. The van der Waals surface area contributed by atoms with Crippen molar-refractivity contribution >= 4 is 17.6 Å². The first-order valence-electron chi connectivity index (χ1n) is 6.07. The number of aliphatic carboxylic acids is 1. The van der Waals surface area contributed by atoms with Gasteiger partial charge in [0.15, 0.2) is 0 Å². The molecular formula is C14H19NO4. The zero-order chi connectivity index (χ0) is 14.4. The van der Waals surface area contributed by atoms with E-state index in [1.54, 1.807) is 33.2 Å². The summed E-state index contributed by atoms with van der Waals surface area (Å²) in [6, 6.07) is 7.22. The average molecular weight is 265 g/mol. The smallest absolute Gasteiger partial charge is 0.303 e. The van der Waals surface area contributed by atoms with Gasteiger partial charge in [0.1, 0.15) is 5.75 Å². The second kappa shape index (κ2) is 6.78. The lowest BCUT2D eigenvalue weighted by Crippen LogP contribution is -2.28. The van der Waals surface area contributed by atoms with Gasteiger partial charge < -0.3 is 14.7 Å². The van der Waals surface area contributed by atoms with Gasteiger partial charge in [0.2, 0.25) is 5.91 Å². The van der Waals surface area contributed by atoms with Crippen LogP contribution in [0.4, 0.5) is 5.69 Å². The van der Waals surface area contributed by atoms with Crippen LogP contribution in [0.2, 0.25) is 0 Å². The molecule has 19 heavy (non-hydrogen) atoms. The molecule has 1 rings (SSSR count). The molecule has 0 spiro atoms. The van der Waals surface area contributed by atoms with E-state index in [0.717, 1.165) is 0 Å². The molecule has 1 atom stereocenters. The van der Waals surface area contributed by atoms with Crippen molar-refractivity contribution in [3.63, 3.8) is 0 Å². The minimum atomic E-state index is -0.889. The van der Waals surface area contributed by atoms with E-state index in [2.05, 4.69) is 0 Å². The molecule has 1 aromatic rings. The van der Waals surface area contributed by atoms with Gasteiger partial charge in [0.05, 0.1) is 12.8 Å². The van der Waals surface area contributed by atoms with Gasteiger partial charge in [-0.15, -0.1) is 0 Å². The largest absolute Gasteiger partial charge is 0.495 e. The number of rotatable bonds is 6. The topological polar surface area (TPSA) is 66.8 Å². The van der Waals surface area contributed by atoms with E-state index >= 15 is 0 Å². The molecular weight excluding hydrogens is 246 g/mol. The van der Waals surface area contributed by atoms with E-state index in [4.69, 9.17) is 9.84 Å². The van der Waals surface area contributed by atoms with Gasteiger partial charge >= 0.3 is 5.97 Å². The maximum atomic E-state index is 12.1. The van der Waals surface area contributed by atoms with Crippen LogP contribution in [-0.4, -0.2) is 31.1 Å². The molecule has 0 aliphatic rings. The SMILES string of the molecule is COc1ccccc1N(C)C(=O)CC(C)CC(=O)O. The summed E-state index contributed by atoms with van der Waals surface area (Å²) in [6.07, 6.45) is 0.187. The van der Waals surface area contributed by atoms with E-state index < -0.39 is 5.97 Å². The fourth-order valence-corrected chi connectivity index (χ4v) is 1.85. The number of hydrogen-bond donors (Lipinski definition) is 1. The van der Waals surface area contributed by atoms with Crippen molar-refractivity contribution < 1.29 is 19.4 Å². The summed E-state index contributed by atoms with van der Waals surface area (Å²) in [5.74, 6) is -0.593. The van der Waals surface area contributed by atoms with Crippen LogP contribution in [0.25, 0.3) is 0 Å². The molecule has 0 aliphatic carbocycles. The summed E-state index contributed by atoms with van der Waals surface area (Å²) >= 11 is 0. The number of hydrogen-bond acceptors (Lipinski definition) is 3. The second-order valence-corrected chi connectivity index (χ2v) is 4.53. The molecule has 0 saturated heterocycles. The Balaban J connectivity index is 2.74. The van der Waals surface area contributed by atoms with E-state index in [1.807, 2.05) is 12.1 Å². The van der Waals surface area contributed by atoms with Crippen LogP contribution in [0.5, 0.6) is 5.75 Å². The fraction of sp³-hybridized carbons (Fsp3) is 0.429. The summed E-state index contributed by atoms with van der Waals surface area (Å²) in [5.41, 5.74) is 0.678. The van der Waals surface area contributed by atoms with Gasteiger partial charge in [0, 0.05) is 19.9 Å². The number of ether oxygens (including phenoxy) is 1. The molecule has 0 bridgehead atoms. The Hall–Kier alpha value is -2.04. The van der Waals surface area contributed by atoms with Crippen LogP contribution >= 0.6 is 0 Å². The van der Waals surface area contributed by atoms with Crippen molar-refractivity contribution in [2.75, 3.05) is 19.1 Å². The van der Waals surface area contributed by atoms with E-state index in [0.29, 0.717) is 11.4 Å². The highest BCUT2D eigenvalue weighted by Gasteiger charge is 2.18. The number of para-hydroxylation sites is 2. The van der Waals surface area contributed by atoms with Crippen LogP contribution in [-0.2, 0) is 9.59 Å². The maximum absolute atomic E-state index is 12.1. The Bertz CT molecular complexity index is 459. The van der Waals surface area contributed by atoms with Crippen LogP contribution in [0.1, 0.15) is 19.8 Å². The third-order valence-electron chi connectivity index (χ3n) is 2.87. The molecule has 1 N–H and O–H groups in total. The normalized spacial score (nSPS) is 11.7. The van der Waals surface area contributed by atoms with Crippen LogP contribution in [0, 0.1) is 5.92 Å². The molecule has 1 aromatic carbocycles. The maximum Gasteiger partial charge on any atom is 0.303 e. The van der Waals surface area contributed by atoms with Crippen molar-refractivity contribution in [1.29, 1.82) is 0 Å². The number of nitrogens with zero attached hydrogens (tertiary/aromatic N) is 1. The lowest BCUT2D eigenvalue weighted by Gasteiger charge is -2.21. The quantitative estimate of drug-likeness (QED) is 0.856. The predicted octanol–water partition coefficient (Wildman–Crippen LogP) is 2.16. The molecule has 0 aromatic heterocycles. The van der Waals surface area contributed by atoms with Gasteiger partial charge in [-0.05, 0) is 18.1 Å². The van der Waals surface area contributed by atoms with Gasteiger partial charge in [0.25, 0.3) is 0 Å². The van der Waals surface area contributed by atoms with Crippen LogP contribution < -0.4 is 9.64 Å². The Kier molecular flexibility index (Phi) is 5.36. The van der Waals surface area contributed by atoms with E-state index in [-0.39, 0.29) is 24.7 Å². The Morgan fingerprint density at radius 1 is 1.32 bits per heavy atom. The molecule has 0 radical (unpaired) electrons. The molecule has 5 nitrogen and oxygen atoms in total. The van der Waals surface area contributed by atoms with Crippen LogP contribution in [0.3, 0.4) is 0 Å². The molecule has 0 saturated carbocycles. The molecule has 5 heteroatoms. The van der Waals surface area contributed by atoms with Crippen LogP contribution in [0.15, 0.2) is 24.3 Å². The standard InChI is InChI=1S/C14H19NO4/c1-10(9-14(17)18)8-13(16)15(2)11-6-4-5-7-12(11)19-3/h4-7,10H,8-9H2,1-3H3,(H,17,18). The highest BCUT2D eigenvalue weighted by Crippen LogP contribution is 2.27. The first-order valence-corrected chi connectivity index (χ1v) is 6.07. The fourth-order valence-electron chi connectivity index (χ4n) is 1.85. The second-order valence-electron chi connectivity index (χ2n) is 4.53. The predicted molar refractivity (Wildman–Crippen MR) is 72.4 cm³/mol. The number of carboxylic acids is 1. The molecule has 104 valence electrons. The number of amides is 1. The number of carbonyl (C=O) groups is 2. The Labute approximate surface area is 112 Å². The van der Waals surface area contributed by atoms with Crippen molar-refractivity contribution in [3.05, 3.63) is 24.3 Å². The third-order valence-corrected chi connectivity index (χ3v) is 2.87. The zero-order valence-electron chi connectivity index (χ0n) is 11.4. The highest BCUT2D eigenvalue weighted by atomic mass is 16.5. The first-order chi connectivity index (χ1) is 8.95. The lowest BCUT2D eigenvalue weighted by molar-refractivity contribution is -0.138. The molecule has 0 fully saturated rings. The summed E-state index contributed by atoms with van der Waals surface area (Å²) in [5, 5.41) is 8.69. The van der Waals surface area contributed by atoms with Crippen molar-refractivity contribution in [3.8, 4) is 5.75 Å². The van der Waals surface area contributed by atoms with Gasteiger partial charge in [-0.1, -0.05) is 19.1 Å². The highest BCUT2D eigenvalue weighted by molar-refractivity contribution is 5.94. The number of anilines is 1. The van der Waals surface area contributed by atoms with Gasteiger partial charge in [-0.25, -0.2) is 0 Å². The van der Waals surface area contributed by atoms with Crippen molar-refractivity contribution in [2.24, 2.45) is 5.92 Å². The van der Waals surface area contributed by atoms with Gasteiger partial charge in [-0.2, -0.15) is 0 Å². The minimum absolute atomic E-state index is 0.00843. The first kappa shape index (κ1) is 15.0. The third kappa shape index (κ3) is 4.28. The van der Waals surface area contributed by atoms with E-state index in [1.165, 1.54) is 4.90 Å². The number of carboxylic acid groups (broad SMARTS) is 1. The van der Waals surface area contributed by atoms with Crippen molar-refractivity contribution in [1.82, 2.24) is 0 Å². The summed E-state index contributed by atoms with van der Waals surface area (Å²) in [6.45, 7) is 1.75. The summed E-state index contributed by atoms with van der Waals surface area (Å²) in [4.78, 5) is 24.2. The minimum Gasteiger partial charge on any atom is -0.495 e. The average Bonchev–Trinajstić information content (AvgIpc) is 2.36. The Morgan fingerprint density at radius 2 is 1.95 bits per heavy atom. The molecule has 0 aliphatic heterocycles. The van der Waals surface area contributed by atoms with Crippen molar-refractivity contribution in [2.45, 2.75) is 19.8 Å². The summed E-state index contributed by atoms with van der Waals surface area (Å²) < 4.78 is 5.20.